The molecule has 0 unspecified atom stereocenters. The van der Waals surface area contributed by atoms with E-state index < -0.39 is 27.3 Å². The molecule has 1 atom stereocenters. The van der Waals surface area contributed by atoms with Crippen molar-refractivity contribution in [3.05, 3.63) is 65.2 Å². The van der Waals surface area contributed by atoms with E-state index in [4.69, 9.17) is 0 Å². The third kappa shape index (κ3) is 4.57. The molecule has 0 N–H and O–H groups in total. The summed E-state index contributed by atoms with van der Waals surface area (Å²) < 4.78 is 49.9. The van der Waals surface area contributed by atoms with Crippen LogP contribution in [0.15, 0.2) is 53.4 Å². The number of rotatable bonds is 3. The summed E-state index contributed by atoms with van der Waals surface area (Å²) in [4.78, 5) is 0.716. The number of benzene rings is 2. The molecule has 0 bridgehead atoms. The summed E-state index contributed by atoms with van der Waals surface area (Å²) in [6.45, 7) is 5.71. The van der Waals surface area contributed by atoms with Crippen LogP contribution >= 0.6 is 0 Å². The van der Waals surface area contributed by atoms with Gasteiger partial charge in [-0.25, -0.2) is 0 Å². The summed E-state index contributed by atoms with van der Waals surface area (Å²) >= 11 is 0. The molecule has 24 heavy (non-hydrogen) atoms. The number of halogens is 3. The average Bonchev–Trinajstić information content (AvgIpc) is 2.51. The zero-order valence-corrected chi connectivity index (χ0v) is 14.5. The van der Waals surface area contributed by atoms with Crippen LogP contribution in [-0.4, -0.2) is 8.96 Å². The minimum Gasteiger partial charge on any atom is -0.254 e. The van der Waals surface area contributed by atoms with Crippen molar-refractivity contribution in [3.8, 4) is 0 Å². The van der Waals surface area contributed by atoms with Gasteiger partial charge in [0.1, 0.15) is 0 Å². The minimum atomic E-state index is -4.33. The van der Waals surface area contributed by atoms with Gasteiger partial charge < -0.3 is 0 Å². The van der Waals surface area contributed by atoms with Crippen LogP contribution in [0, 0.1) is 0 Å². The number of hydrogen-bond donors (Lipinski definition) is 0. The Labute approximate surface area is 142 Å². The van der Waals surface area contributed by atoms with Crippen LogP contribution in [-0.2, 0) is 17.0 Å². The third-order valence-corrected chi connectivity index (χ3v) is 5.25. The Morgan fingerprint density at radius 1 is 0.875 bits per heavy atom. The molecular formula is C19H19F3OS. The molecule has 128 valence electrons. The van der Waals surface area contributed by atoms with Crippen molar-refractivity contribution in [2.75, 3.05) is 0 Å². The van der Waals surface area contributed by atoms with E-state index in [9.17, 15) is 17.4 Å². The Balaban J connectivity index is 2.29. The fraction of sp³-hybridized carbons (Fsp3) is 0.263. The lowest BCUT2D eigenvalue weighted by Gasteiger charge is -2.19. The zero-order chi connectivity index (χ0) is 18.0. The Morgan fingerprint density at radius 2 is 1.46 bits per heavy atom. The van der Waals surface area contributed by atoms with Crippen LogP contribution in [0.4, 0.5) is 13.2 Å². The van der Waals surface area contributed by atoms with Gasteiger partial charge in [0.2, 0.25) is 0 Å². The SMILES string of the molecule is CC(C)(C)[S@@](=O)c1ccccc1/C=C/c1ccc(C(F)(F)F)cc1. The van der Waals surface area contributed by atoms with Gasteiger partial charge in [0, 0.05) is 9.64 Å². The molecule has 0 saturated heterocycles. The molecule has 0 aliphatic heterocycles. The molecule has 5 heteroatoms. The van der Waals surface area contributed by atoms with Crippen molar-refractivity contribution in [2.45, 2.75) is 36.6 Å². The minimum absolute atomic E-state index is 0.391. The van der Waals surface area contributed by atoms with Gasteiger partial charge in [-0.15, -0.1) is 0 Å². The lowest BCUT2D eigenvalue weighted by atomic mass is 10.1. The Morgan fingerprint density at radius 3 is 2.00 bits per heavy atom. The van der Waals surface area contributed by atoms with Gasteiger partial charge in [0.25, 0.3) is 0 Å². The van der Waals surface area contributed by atoms with E-state index in [1.165, 1.54) is 12.1 Å². The van der Waals surface area contributed by atoms with E-state index in [1.54, 1.807) is 12.2 Å². The first-order valence-corrected chi connectivity index (χ1v) is 8.60. The van der Waals surface area contributed by atoms with Crippen LogP contribution in [0.25, 0.3) is 12.2 Å². The van der Waals surface area contributed by atoms with Crippen LogP contribution < -0.4 is 0 Å². The Kier molecular flexibility index (Phi) is 5.33. The van der Waals surface area contributed by atoms with Gasteiger partial charge in [0.15, 0.2) is 0 Å². The van der Waals surface area contributed by atoms with Crippen molar-refractivity contribution < 1.29 is 17.4 Å². The molecule has 0 radical (unpaired) electrons. The first-order valence-electron chi connectivity index (χ1n) is 7.45. The first kappa shape index (κ1) is 18.5. The lowest BCUT2D eigenvalue weighted by molar-refractivity contribution is -0.137. The zero-order valence-electron chi connectivity index (χ0n) is 13.7. The molecule has 0 saturated carbocycles. The standard InChI is InChI=1S/C19H19F3OS/c1-18(2,3)24(23)17-7-5-4-6-15(17)11-8-14-9-12-16(13-10-14)19(20,21)22/h4-13H,1-3H3/b11-8+/t24-/m0/s1. The Hall–Kier alpha value is -1.88. The molecule has 0 amide bonds. The maximum atomic E-state index is 12.6. The predicted molar refractivity (Wildman–Crippen MR) is 93.0 cm³/mol. The summed E-state index contributed by atoms with van der Waals surface area (Å²) in [6.07, 6.45) is -0.834. The topological polar surface area (TPSA) is 17.1 Å². The molecule has 0 fully saturated rings. The van der Waals surface area contributed by atoms with Crippen molar-refractivity contribution >= 4 is 23.0 Å². The van der Waals surface area contributed by atoms with Gasteiger partial charge >= 0.3 is 6.18 Å². The lowest BCUT2D eigenvalue weighted by Crippen LogP contribution is -2.22. The predicted octanol–water partition coefficient (Wildman–Crippen LogP) is 5.78. The largest absolute Gasteiger partial charge is 0.416 e. The van der Waals surface area contributed by atoms with Crippen molar-refractivity contribution in [2.24, 2.45) is 0 Å². The van der Waals surface area contributed by atoms with Crippen LogP contribution in [0.1, 0.15) is 37.5 Å². The monoisotopic (exact) mass is 352 g/mol. The van der Waals surface area contributed by atoms with E-state index in [-0.39, 0.29) is 0 Å². The maximum absolute atomic E-state index is 12.6. The molecule has 0 aliphatic carbocycles. The second kappa shape index (κ2) is 6.93. The van der Waals surface area contributed by atoms with Crippen molar-refractivity contribution in [3.63, 3.8) is 0 Å². The molecule has 0 aromatic heterocycles. The summed E-state index contributed by atoms with van der Waals surface area (Å²) in [6, 6.07) is 12.3. The van der Waals surface area contributed by atoms with Crippen LogP contribution in [0.3, 0.4) is 0 Å². The fourth-order valence-corrected chi connectivity index (χ4v) is 3.30. The molecule has 1 nitrogen and oxygen atoms in total. The third-order valence-electron chi connectivity index (χ3n) is 3.37. The summed E-state index contributed by atoms with van der Waals surface area (Å²) in [7, 11) is -1.19. The van der Waals surface area contributed by atoms with Crippen molar-refractivity contribution in [1.29, 1.82) is 0 Å². The number of hydrogen-bond acceptors (Lipinski definition) is 1. The van der Waals surface area contributed by atoms with E-state index in [0.29, 0.717) is 10.5 Å². The maximum Gasteiger partial charge on any atom is 0.416 e. The molecular weight excluding hydrogens is 333 g/mol. The van der Waals surface area contributed by atoms with E-state index in [2.05, 4.69) is 0 Å². The number of alkyl halides is 3. The highest BCUT2D eigenvalue weighted by Crippen LogP contribution is 2.29. The summed E-state index contributed by atoms with van der Waals surface area (Å²) in [5.74, 6) is 0. The molecule has 2 rings (SSSR count). The van der Waals surface area contributed by atoms with E-state index in [0.717, 1.165) is 17.7 Å². The van der Waals surface area contributed by atoms with Crippen LogP contribution in [0.2, 0.25) is 0 Å². The molecule has 0 spiro atoms. The van der Waals surface area contributed by atoms with Crippen LogP contribution in [0.5, 0.6) is 0 Å². The highest BCUT2D eigenvalue weighted by atomic mass is 32.2. The second-order valence-electron chi connectivity index (χ2n) is 6.37. The highest BCUT2D eigenvalue weighted by molar-refractivity contribution is 7.86. The van der Waals surface area contributed by atoms with Gasteiger partial charge in [-0.05, 0) is 50.1 Å². The Bertz CT molecular complexity index is 753. The highest BCUT2D eigenvalue weighted by Gasteiger charge is 2.29. The quantitative estimate of drug-likeness (QED) is 0.640. The second-order valence-corrected chi connectivity index (χ2v) is 8.57. The molecule has 2 aromatic carbocycles. The molecule has 0 heterocycles. The van der Waals surface area contributed by atoms with E-state index >= 15 is 0 Å². The van der Waals surface area contributed by atoms with E-state index in [1.807, 2.05) is 45.0 Å². The average molecular weight is 352 g/mol. The fourth-order valence-electron chi connectivity index (χ4n) is 2.09. The summed E-state index contributed by atoms with van der Waals surface area (Å²) in [5, 5.41) is 0. The van der Waals surface area contributed by atoms with Gasteiger partial charge in [-0.1, -0.05) is 42.5 Å². The smallest absolute Gasteiger partial charge is 0.254 e. The van der Waals surface area contributed by atoms with Gasteiger partial charge in [0.05, 0.1) is 16.4 Å². The molecule has 0 aliphatic rings. The first-order chi connectivity index (χ1) is 11.1. The molecule has 2 aromatic rings. The summed E-state index contributed by atoms with van der Waals surface area (Å²) in [5.41, 5.74) is 0.777. The normalized spacial score (nSPS) is 14.1. The van der Waals surface area contributed by atoms with Gasteiger partial charge in [-0.3, -0.25) is 4.21 Å². The van der Waals surface area contributed by atoms with Crippen molar-refractivity contribution in [1.82, 2.24) is 0 Å². The van der Waals surface area contributed by atoms with Gasteiger partial charge in [-0.2, -0.15) is 13.2 Å².